The minimum atomic E-state index is -1.87. The number of rotatable bonds is 3. The molecule has 0 aromatic heterocycles. The van der Waals surface area contributed by atoms with Crippen molar-refractivity contribution in [1.82, 2.24) is 0 Å². The van der Waals surface area contributed by atoms with E-state index in [0.717, 1.165) is 0 Å². The van der Waals surface area contributed by atoms with Crippen LogP contribution in [-0.2, 0) is 19.1 Å². The summed E-state index contributed by atoms with van der Waals surface area (Å²) in [7, 11) is 0. The molecule has 1 aliphatic carbocycles. The third kappa shape index (κ3) is 2.97. The number of carbonyl (C=O) groups is 4. The number of amides is 1. The molecule has 1 aromatic carbocycles. The van der Waals surface area contributed by atoms with E-state index in [1.165, 1.54) is 19.9 Å². The second kappa shape index (κ2) is 6.53. The number of ketones is 1. The van der Waals surface area contributed by atoms with Crippen molar-refractivity contribution in [3.05, 3.63) is 35.4 Å². The van der Waals surface area contributed by atoms with Crippen molar-refractivity contribution in [3.8, 4) is 11.5 Å². The number of esters is 2. The first-order valence-electron chi connectivity index (χ1n) is 8.37. The Morgan fingerprint density at radius 2 is 1.93 bits per heavy atom. The van der Waals surface area contributed by atoms with Crippen LogP contribution in [0.3, 0.4) is 0 Å². The fraction of sp³-hybridized carbons (Fsp3) is 0.368. The van der Waals surface area contributed by atoms with E-state index < -0.39 is 41.3 Å². The highest BCUT2D eigenvalue weighted by Gasteiger charge is 2.61. The number of fused-ring (bicyclic) bond motifs is 2. The molecule has 3 atom stereocenters. The molecule has 1 amide bonds. The van der Waals surface area contributed by atoms with Gasteiger partial charge in [-0.3, -0.25) is 19.2 Å². The zero-order chi connectivity index (χ0) is 19.9. The SMILES string of the molecule is CC(=O)Oc1cc(C)cc2c1C(=O)C1CC=C[C@@H](OC(C)=O)[C@@]1(C(N)=O)O2. The standard InChI is InChI=1S/C19H19NO7/c1-9-7-13(25-10(2)21)16-14(8-9)27-19(18(20)24)12(17(16)23)5-4-6-15(19)26-11(3)22/h4,6-8,12,15H,5H2,1-3H3,(H2,20,24)/t12?,15-,19+/m1/s1. The van der Waals surface area contributed by atoms with Gasteiger partial charge in [0.25, 0.3) is 5.91 Å². The summed E-state index contributed by atoms with van der Waals surface area (Å²) in [4.78, 5) is 48.6. The number of hydrogen-bond acceptors (Lipinski definition) is 7. The van der Waals surface area contributed by atoms with Crippen LogP contribution < -0.4 is 15.2 Å². The molecule has 8 heteroatoms. The molecule has 27 heavy (non-hydrogen) atoms. The number of aryl methyl sites for hydroxylation is 1. The smallest absolute Gasteiger partial charge is 0.308 e. The van der Waals surface area contributed by atoms with Gasteiger partial charge in [0.1, 0.15) is 17.1 Å². The summed E-state index contributed by atoms with van der Waals surface area (Å²) >= 11 is 0. The number of benzene rings is 1. The molecule has 1 heterocycles. The molecule has 2 N–H and O–H groups in total. The molecule has 0 bridgehead atoms. The van der Waals surface area contributed by atoms with Gasteiger partial charge in [0.05, 0.1) is 5.92 Å². The first kappa shape index (κ1) is 18.6. The van der Waals surface area contributed by atoms with Gasteiger partial charge in [-0.15, -0.1) is 0 Å². The average Bonchev–Trinajstić information content (AvgIpc) is 2.53. The quantitative estimate of drug-likeness (QED) is 0.480. The Hall–Kier alpha value is -3.16. The minimum Gasteiger partial charge on any atom is -0.471 e. The molecule has 3 rings (SSSR count). The number of carbonyl (C=O) groups excluding carboxylic acids is 4. The van der Waals surface area contributed by atoms with E-state index >= 15 is 0 Å². The van der Waals surface area contributed by atoms with Gasteiger partial charge in [0, 0.05) is 13.8 Å². The maximum Gasteiger partial charge on any atom is 0.308 e. The lowest BCUT2D eigenvalue weighted by atomic mass is 9.70. The summed E-state index contributed by atoms with van der Waals surface area (Å²) < 4.78 is 16.4. The minimum absolute atomic E-state index is 0.0544. The molecule has 0 fully saturated rings. The van der Waals surface area contributed by atoms with Gasteiger partial charge in [0.2, 0.25) is 5.60 Å². The molecular weight excluding hydrogens is 354 g/mol. The summed E-state index contributed by atoms with van der Waals surface area (Å²) in [5, 5.41) is 0. The van der Waals surface area contributed by atoms with Crippen LogP contribution in [0.25, 0.3) is 0 Å². The van der Waals surface area contributed by atoms with Crippen LogP contribution in [0.2, 0.25) is 0 Å². The maximum absolute atomic E-state index is 13.3. The molecular formula is C19H19NO7. The van der Waals surface area contributed by atoms with Crippen molar-refractivity contribution in [3.63, 3.8) is 0 Å². The van der Waals surface area contributed by atoms with Crippen molar-refractivity contribution in [1.29, 1.82) is 0 Å². The second-order valence-electron chi connectivity index (χ2n) is 6.60. The molecule has 1 aliphatic heterocycles. The van der Waals surface area contributed by atoms with E-state index in [1.54, 1.807) is 25.1 Å². The fourth-order valence-electron chi connectivity index (χ4n) is 3.59. The topological polar surface area (TPSA) is 122 Å². The molecule has 0 spiro atoms. The van der Waals surface area contributed by atoms with Crippen LogP contribution in [0.5, 0.6) is 11.5 Å². The predicted octanol–water partition coefficient (Wildman–Crippen LogP) is 1.23. The highest BCUT2D eigenvalue weighted by molar-refractivity contribution is 6.09. The van der Waals surface area contributed by atoms with Crippen molar-refractivity contribution in [2.75, 3.05) is 0 Å². The lowest BCUT2D eigenvalue weighted by Crippen LogP contribution is -2.67. The Morgan fingerprint density at radius 3 is 2.52 bits per heavy atom. The summed E-state index contributed by atoms with van der Waals surface area (Å²) in [5.41, 5.74) is 4.47. The van der Waals surface area contributed by atoms with Gasteiger partial charge in [-0.2, -0.15) is 0 Å². The van der Waals surface area contributed by atoms with E-state index in [-0.39, 0.29) is 23.5 Å². The third-order valence-electron chi connectivity index (χ3n) is 4.61. The first-order chi connectivity index (χ1) is 12.7. The van der Waals surface area contributed by atoms with Gasteiger partial charge in [-0.05, 0) is 37.1 Å². The Kier molecular flexibility index (Phi) is 4.51. The van der Waals surface area contributed by atoms with Crippen LogP contribution in [0.15, 0.2) is 24.3 Å². The molecule has 2 aliphatic rings. The van der Waals surface area contributed by atoms with Crippen LogP contribution in [0, 0.1) is 12.8 Å². The zero-order valence-corrected chi connectivity index (χ0v) is 15.1. The lowest BCUT2D eigenvalue weighted by molar-refractivity contribution is -0.167. The summed E-state index contributed by atoms with van der Waals surface area (Å²) in [6.45, 7) is 4.12. The summed E-state index contributed by atoms with van der Waals surface area (Å²) in [6, 6.07) is 3.09. The first-order valence-corrected chi connectivity index (χ1v) is 8.37. The average molecular weight is 373 g/mol. The maximum atomic E-state index is 13.3. The van der Waals surface area contributed by atoms with E-state index in [1.807, 2.05) is 0 Å². The van der Waals surface area contributed by atoms with Crippen LogP contribution >= 0.6 is 0 Å². The predicted molar refractivity (Wildman–Crippen MR) is 92.2 cm³/mol. The molecule has 8 nitrogen and oxygen atoms in total. The Labute approximate surface area is 155 Å². The number of ether oxygens (including phenoxy) is 3. The molecule has 0 saturated heterocycles. The summed E-state index contributed by atoms with van der Waals surface area (Å²) in [5.74, 6) is -3.53. The van der Waals surface area contributed by atoms with E-state index in [2.05, 4.69) is 0 Å². The Bertz CT molecular complexity index is 888. The summed E-state index contributed by atoms with van der Waals surface area (Å²) in [6.07, 6.45) is 2.13. The monoisotopic (exact) mass is 373 g/mol. The highest BCUT2D eigenvalue weighted by Crippen LogP contribution is 2.47. The van der Waals surface area contributed by atoms with Crippen molar-refractivity contribution >= 4 is 23.6 Å². The highest BCUT2D eigenvalue weighted by atomic mass is 16.6. The number of nitrogens with two attached hydrogens (primary N) is 1. The molecule has 0 saturated carbocycles. The number of allylic oxidation sites excluding steroid dienone is 1. The van der Waals surface area contributed by atoms with E-state index in [4.69, 9.17) is 19.9 Å². The second-order valence-corrected chi connectivity index (χ2v) is 6.60. The van der Waals surface area contributed by atoms with Crippen LogP contribution in [0.1, 0.15) is 36.2 Å². The van der Waals surface area contributed by atoms with Crippen LogP contribution in [-0.4, -0.2) is 35.3 Å². The Balaban J connectivity index is 2.20. The third-order valence-corrected chi connectivity index (χ3v) is 4.61. The van der Waals surface area contributed by atoms with Gasteiger partial charge in [0.15, 0.2) is 11.9 Å². The van der Waals surface area contributed by atoms with Crippen molar-refractivity contribution in [2.24, 2.45) is 11.7 Å². The molecule has 1 aromatic rings. The largest absolute Gasteiger partial charge is 0.471 e. The zero-order valence-electron chi connectivity index (χ0n) is 15.1. The normalized spacial score (nSPS) is 25.7. The van der Waals surface area contributed by atoms with Gasteiger partial charge < -0.3 is 19.9 Å². The number of primary amides is 1. The fourth-order valence-corrected chi connectivity index (χ4v) is 3.59. The number of Topliss-reactive ketones (excluding diaryl/α,β-unsaturated/α-hetero) is 1. The Morgan fingerprint density at radius 1 is 1.22 bits per heavy atom. The van der Waals surface area contributed by atoms with E-state index in [0.29, 0.717) is 5.56 Å². The van der Waals surface area contributed by atoms with Gasteiger partial charge >= 0.3 is 11.9 Å². The number of hydrogen-bond donors (Lipinski definition) is 1. The van der Waals surface area contributed by atoms with Crippen molar-refractivity contribution in [2.45, 2.75) is 38.9 Å². The molecule has 0 radical (unpaired) electrons. The van der Waals surface area contributed by atoms with Crippen molar-refractivity contribution < 1.29 is 33.4 Å². The van der Waals surface area contributed by atoms with Gasteiger partial charge in [-0.25, -0.2) is 0 Å². The molecule has 142 valence electrons. The van der Waals surface area contributed by atoms with Crippen LogP contribution in [0.4, 0.5) is 0 Å². The lowest BCUT2D eigenvalue weighted by Gasteiger charge is -2.46. The van der Waals surface area contributed by atoms with E-state index in [9.17, 15) is 19.2 Å². The van der Waals surface area contributed by atoms with Gasteiger partial charge in [-0.1, -0.05) is 6.08 Å². The molecule has 1 unspecified atom stereocenters.